The van der Waals surface area contributed by atoms with Gasteiger partial charge in [-0.15, -0.1) is 0 Å². The molecule has 1 rings (SSSR count). The molecule has 0 amide bonds. The van der Waals surface area contributed by atoms with Gasteiger partial charge in [-0.1, -0.05) is 19.8 Å². The third kappa shape index (κ3) is 1.96. The molecular weight excluding hydrogens is 124 g/mol. The normalized spacial score (nSPS) is 33.0. The molecule has 1 fully saturated rings. The van der Waals surface area contributed by atoms with Gasteiger partial charge >= 0.3 is 0 Å². The predicted octanol–water partition coefficient (Wildman–Crippen LogP) is 1.29. The third-order valence-corrected chi connectivity index (χ3v) is 2.33. The molecule has 1 heterocycles. The van der Waals surface area contributed by atoms with Crippen LogP contribution in [0.5, 0.6) is 0 Å². The van der Waals surface area contributed by atoms with Crippen LogP contribution in [0.3, 0.4) is 0 Å². The number of hydrogen-bond donors (Lipinski definition) is 2. The van der Waals surface area contributed by atoms with E-state index in [1.807, 2.05) is 0 Å². The van der Waals surface area contributed by atoms with E-state index in [-0.39, 0.29) is 0 Å². The molecule has 0 spiro atoms. The lowest BCUT2D eigenvalue weighted by Crippen LogP contribution is -2.28. The molecule has 2 heteroatoms. The molecule has 2 unspecified atom stereocenters. The Morgan fingerprint density at radius 3 is 2.80 bits per heavy atom. The number of rotatable bonds is 3. The van der Waals surface area contributed by atoms with Gasteiger partial charge in [-0.2, -0.15) is 0 Å². The lowest BCUT2D eigenvalue weighted by Gasteiger charge is -2.11. The molecule has 10 heavy (non-hydrogen) atoms. The van der Waals surface area contributed by atoms with E-state index in [0.29, 0.717) is 6.04 Å². The summed E-state index contributed by atoms with van der Waals surface area (Å²) in [5.41, 5.74) is 6.41. The van der Waals surface area contributed by atoms with Crippen LogP contribution in [-0.4, -0.2) is 12.6 Å². The highest BCUT2D eigenvalue weighted by atomic mass is 15.4. The maximum atomic E-state index is 3.23. The summed E-state index contributed by atoms with van der Waals surface area (Å²) in [6.45, 7) is 5.65. The zero-order chi connectivity index (χ0) is 7.40. The SMILES string of the molecule is CCCCC1CNNC1C. The first-order chi connectivity index (χ1) is 4.84. The van der Waals surface area contributed by atoms with Crippen LogP contribution in [0.25, 0.3) is 0 Å². The molecule has 0 aromatic carbocycles. The quantitative estimate of drug-likeness (QED) is 0.620. The van der Waals surface area contributed by atoms with E-state index in [2.05, 4.69) is 24.7 Å². The molecule has 0 radical (unpaired) electrons. The fraction of sp³-hybridized carbons (Fsp3) is 1.00. The number of unbranched alkanes of at least 4 members (excludes halogenated alkanes) is 1. The third-order valence-electron chi connectivity index (χ3n) is 2.33. The smallest absolute Gasteiger partial charge is 0.0225 e. The van der Waals surface area contributed by atoms with Gasteiger partial charge in [-0.3, -0.25) is 10.9 Å². The van der Waals surface area contributed by atoms with Crippen molar-refractivity contribution in [2.24, 2.45) is 5.92 Å². The topological polar surface area (TPSA) is 24.1 Å². The predicted molar refractivity (Wildman–Crippen MR) is 43.6 cm³/mol. The van der Waals surface area contributed by atoms with Gasteiger partial charge in [0, 0.05) is 12.6 Å². The zero-order valence-corrected chi connectivity index (χ0v) is 6.98. The van der Waals surface area contributed by atoms with Crippen molar-refractivity contribution in [3.63, 3.8) is 0 Å². The maximum absolute atomic E-state index is 3.23. The highest BCUT2D eigenvalue weighted by molar-refractivity contribution is 4.77. The Morgan fingerprint density at radius 2 is 2.30 bits per heavy atom. The van der Waals surface area contributed by atoms with Crippen molar-refractivity contribution < 1.29 is 0 Å². The van der Waals surface area contributed by atoms with Crippen LogP contribution in [0.4, 0.5) is 0 Å². The minimum Gasteiger partial charge on any atom is -0.257 e. The Kier molecular flexibility index (Phi) is 3.16. The molecule has 1 saturated heterocycles. The van der Waals surface area contributed by atoms with E-state index < -0.39 is 0 Å². The first-order valence-corrected chi connectivity index (χ1v) is 4.33. The lowest BCUT2D eigenvalue weighted by molar-refractivity contribution is 0.444. The standard InChI is InChI=1S/C8H18N2/c1-3-4-5-8-6-9-10-7(8)2/h7-10H,3-6H2,1-2H3. The van der Waals surface area contributed by atoms with Gasteiger partial charge in [0.15, 0.2) is 0 Å². The molecule has 2 nitrogen and oxygen atoms in total. The molecule has 0 aliphatic carbocycles. The number of hydrazine groups is 1. The molecule has 0 bridgehead atoms. The fourth-order valence-corrected chi connectivity index (χ4v) is 1.46. The van der Waals surface area contributed by atoms with Crippen LogP contribution >= 0.6 is 0 Å². The van der Waals surface area contributed by atoms with Crippen molar-refractivity contribution in [1.29, 1.82) is 0 Å². The first-order valence-electron chi connectivity index (χ1n) is 4.33. The molecule has 0 aromatic rings. The van der Waals surface area contributed by atoms with E-state index in [1.54, 1.807) is 0 Å². The Morgan fingerprint density at radius 1 is 1.50 bits per heavy atom. The molecule has 60 valence electrons. The fourth-order valence-electron chi connectivity index (χ4n) is 1.46. The molecular formula is C8H18N2. The zero-order valence-electron chi connectivity index (χ0n) is 6.98. The molecule has 2 atom stereocenters. The molecule has 0 aromatic heterocycles. The average molecular weight is 142 g/mol. The summed E-state index contributed by atoms with van der Waals surface area (Å²) in [5, 5.41) is 0. The Balaban J connectivity index is 2.14. The van der Waals surface area contributed by atoms with Crippen molar-refractivity contribution in [2.45, 2.75) is 39.2 Å². The second kappa shape index (κ2) is 3.94. The summed E-state index contributed by atoms with van der Waals surface area (Å²) in [5.74, 6) is 0.861. The van der Waals surface area contributed by atoms with Crippen molar-refractivity contribution in [2.75, 3.05) is 6.54 Å². The van der Waals surface area contributed by atoms with Gasteiger partial charge in [-0.05, 0) is 19.3 Å². The summed E-state index contributed by atoms with van der Waals surface area (Å²) in [6, 6.07) is 0.673. The second-order valence-electron chi connectivity index (χ2n) is 3.22. The Bertz CT molecular complexity index is 93.3. The van der Waals surface area contributed by atoms with E-state index >= 15 is 0 Å². The summed E-state index contributed by atoms with van der Waals surface area (Å²) in [4.78, 5) is 0. The van der Waals surface area contributed by atoms with Crippen molar-refractivity contribution in [3.8, 4) is 0 Å². The summed E-state index contributed by atoms with van der Waals surface area (Å²) in [7, 11) is 0. The van der Waals surface area contributed by atoms with Crippen LogP contribution in [0.1, 0.15) is 33.1 Å². The summed E-state index contributed by atoms with van der Waals surface area (Å²) < 4.78 is 0. The van der Waals surface area contributed by atoms with Crippen molar-refractivity contribution in [3.05, 3.63) is 0 Å². The molecule has 0 saturated carbocycles. The van der Waals surface area contributed by atoms with E-state index in [1.165, 1.54) is 19.3 Å². The van der Waals surface area contributed by atoms with E-state index in [0.717, 1.165) is 12.5 Å². The van der Waals surface area contributed by atoms with E-state index in [4.69, 9.17) is 0 Å². The largest absolute Gasteiger partial charge is 0.257 e. The average Bonchev–Trinajstić information content (AvgIpc) is 2.31. The Hall–Kier alpha value is -0.0800. The van der Waals surface area contributed by atoms with Crippen LogP contribution < -0.4 is 10.9 Å². The van der Waals surface area contributed by atoms with Gasteiger partial charge in [0.1, 0.15) is 0 Å². The minimum atomic E-state index is 0.673. The van der Waals surface area contributed by atoms with Crippen molar-refractivity contribution in [1.82, 2.24) is 10.9 Å². The number of nitrogens with one attached hydrogen (secondary N) is 2. The van der Waals surface area contributed by atoms with Crippen LogP contribution in [0.15, 0.2) is 0 Å². The van der Waals surface area contributed by atoms with Gasteiger partial charge in [0.2, 0.25) is 0 Å². The maximum Gasteiger partial charge on any atom is 0.0225 e. The van der Waals surface area contributed by atoms with Crippen molar-refractivity contribution >= 4 is 0 Å². The van der Waals surface area contributed by atoms with Crippen LogP contribution in [-0.2, 0) is 0 Å². The summed E-state index contributed by atoms with van der Waals surface area (Å²) in [6.07, 6.45) is 4.07. The Labute approximate surface area is 63.4 Å². The highest BCUT2D eigenvalue weighted by Gasteiger charge is 2.21. The van der Waals surface area contributed by atoms with Gasteiger partial charge in [-0.25, -0.2) is 0 Å². The molecule has 1 aliphatic heterocycles. The second-order valence-corrected chi connectivity index (χ2v) is 3.22. The first kappa shape index (κ1) is 8.02. The number of hydrogen-bond acceptors (Lipinski definition) is 2. The minimum absolute atomic E-state index is 0.673. The molecule has 2 N–H and O–H groups in total. The van der Waals surface area contributed by atoms with E-state index in [9.17, 15) is 0 Å². The van der Waals surface area contributed by atoms with Crippen LogP contribution in [0, 0.1) is 5.92 Å². The highest BCUT2D eigenvalue weighted by Crippen LogP contribution is 2.14. The van der Waals surface area contributed by atoms with Crippen LogP contribution in [0.2, 0.25) is 0 Å². The van der Waals surface area contributed by atoms with Gasteiger partial charge < -0.3 is 0 Å². The molecule has 1 aliphatic rings. The summed E-state index contributed by atoms with van der Waals surface area (Å²) >= 11 is 0. The monoisotopic (exact) mass is 142 g/mol. The van der Waals surface area contributed by atoms with Gasteiger partial charge in [0.05, 0.1) is 0 Å². The lowest BCUT2D eigenvalue weighted by atomic mass is 9.97. The van der Waals surface area contributed by atoms with Gasteiger partial charge in [0.25, 0.3) is 0 Å².